The number of H-pyrrole nitrogens is 1. The highest BCUT2D eigenvalue weighted by Gasteiger charge is 2.31. The number of aromatic amines is 1. The van der Waals surface area contributed by atoms with Crippen LogP contribution >= 0.6 is 0 Å². The predicted molar refractivity (Wildman–Crippen MR) is 109 cm³/mol. The molecule has 5 rings (SSSR count). The number of rotatable bonds is 5. The Kier molecular flexibility index (Phi) is 4.69. The summed E-state index contributed by atoms with van der Waals surface area (Å²) in [5.41, 5.74) is 6.97. The SMILES string of the molecule is Nc1nc(Nc2cc(-c3ccco3)[nH]n2)nc(N2CCCC2c2ccc(F)cc2F)n1. The molecule has 1 fully saturated rings. The van der Waals surface area contributed by atoms with Crippen molar-refractivity contribution in [3.63, 3.8) is 0 Å². The molecule has 1 aliphatic rings. The quantitative estimate of drug-likeness (QED) is 0.442. The van der Waals surface area contributed by atoms with E-state index < -0.39 is 11.6 Å². The molecule has 0 bridgehead atoms. The van der Waals surface area contributed by atoms with Crippen LogP contribution in [0.2, 0.25) is 0 Å². The zero-order valence-electron chi connectivity index (χ0n) is 16.2. The number of nitrogens with one attached hydrogen (secondary N) is 2. The molecule has 1 saturated heterocycles. The third kappa shape index (κ3) is 3.77. The monoisotopic (exact) mass is 424 g/mol. The second kappa shape index (κ2) is 7.67. The van der Waals surface area contributed by atoms with E-state index in [0.717, 1.165) is 12.5 Å². The first-order valence-corrected chi connectivity index (χ1v) is 9.66. The van der Waals surface area contributed by atoms with Gasteiger partial charge in [-0.2, -0.15) is 20.1 Å². The smallest absolute Gasteiger partial charge is 0.235 e. The van der Waals surface area contributed by atoms with Gasteiger partial charge in [0.05, 0.1) is 12.3 Å². The van der Waals surface area contributed by atoms with E-state index in [0.29, 0.717) is 41.7 Å². The lowest BCUT2D eigenvalue weighted by Crippen LogP contribution is -2.26. The number of furan rings is 1. The van der Waals surface area contributed by atoms with Gasteiger partial charge in [-0.25, -0.2) is 8.78 Å². The van der Waals surface area contributed by atoms with Crippen molar-refractivity contribution in [3.05, 3.63) is 59.9 Å². The van der Waals surface area contributed by atoms with Gasteiger partial charge in [0.15, 0.2) is 11.6 Å². The van der Waals surface area contributed by atoms with Gasteiger partial charge >= 0.3 is 0 Å². The number of anilines is 4. The summed E-state index contributed by atoms with van der Waals surface area (Å²) in [5, 5.41) is 10.0. The molecule has 0 saturated carbocycles. The third-order valence-corrected chi connectivity index (χ3v) is 5.08. The first-order valence-electron chi connectivity index (χ1n) is 9.66. The maximum atomic E-state index is 14.4. The van der Waals surface area contributed by atoms with Crippen molar-refractivity contribution in [2.75, 3.05) is 22.5 Å². The lowest BCUT2D eigenvalue weighted by Gasteiger charge is -2.25. The van der Waals surface area contributed by atoms with Crippen LogP contribution in [0.3, 0.4) is 0 Å². The lowest BCUT2D eigenvalue weighted by atomic mass is 10.0. The molecular formula is C20H18F2N8O. The molecule has 11 heteroatoms. The summed E-state index contributed by atoms with van der Waals surface area (Å²) in [6.45, 7) is 0.607. The van der Waals surface area contributed by atoms with Gasteiger partial charge in [0.1, 0.15) is 17.3 Å². The van der Waals surface area contributed by atoms with E-state index >= 15 is 0 Å². The van der Waals surface area contributed by atoms with Crippen LogP contribution in [0.4, 0.5) is 32.4 Å². The van der Waals surface area contributed by atoms with Crippen LogP contribution in [0.5, 0.6) is 0 Å². The van der Waals surface area contributed by atoms with Gasteiger partial charge in [0.25, 0.3) is 0 Å². The van der Waals surface area contributed by atoms with Crippen molar-refractivity contribution in [1.29, 1.82) is 0 Å². The van der Waals surface area contributed by atoms with E-state index in [2.05, 4.69) is 30.5 Å². The number of aromatic nitrogens is 5. The van der Waals surface area contributed by atoms with Crippen molar-refractivity contribution in [3.8, 4) is 11.5 Å². The molecule has 4 N–H and O–H groups in total. The summed E-state index contributed by atoms with van der Waals surface area (Å²) in [7, 11) is 0. The number of hydrogen-bond donors (Lipinski definition) is 3. The van der Waals surface area contributed by atoms with E-state index in [1.807, 2.05) is 4.90 Å². The van der Waals surface area contributed by atoms with E-state index in [1.54, 1.807) is 24.5 Å². The van der Waals surface area contributed by atoms with Crippen molar-refractivity contribution in [2.45, 2.75) is 18.9 Å². The molecule has 0 spiro atoms. The van der Waals surface area contributed by atoms with Crippen LogP contribution in [0, 0.1) is 11.6 Å². The first-order chi connectivity index (χ1) is 15.1. The number of nitrogens with two attached hydrogens (primary N) is 1. The van der Waals surface area contributed by atoms with Gasteiger partial charge in [-0.05, 0) is 31.0 Å². The third-order valence-electron chi connectivity index (χ3n) is 5.08. The number of hydrogen-bond acceptors (Lipinski definition) is 8. The van der Waals surface area contributed by atoms with Gasteiger partial charge in [-0.15, -0.1) is 0 Å². The van der Waals surface area contributed by atoms with E-state index in [1.165, 1.54) is 12.1 Å². The van der Waals surface area contributed by atoms with Crippen LogP contribution in [-0.2, 0) is 0 Å². The molecule has 1 unspecified atom stereocenters. The predicted octanol–water partition coefficient (Wildman–Crippen LogP) is 3.80. The first kappa shape index (κ1) is 19.0. The molecule has 0 radical (unpaired) electrons. The van der Waals surface area contributed by atoms with Gasteiger partial charge in [-0.1, -0.05) is 6.07 Å². The van der Waals surface area contributed by atoms with Crippen molar-refractivity contribution in [2.24, 2.45) is 0 Å². The summed E-state index contributed by atoms with van der Waals surface area (Å²) in [6, 6.07) is 8.58. The number of halogens is 2. The Morgan fingerprint density at radius 3 is 2.87 bits per heavy atom. The molecule has 31 heavy (non-hydrogen) atoms. The minimum atomic E-state index is -0.616. The fourth-order valence-electron chi connectivity index (χ4n) is 3.72. The maximum Gasteiger partial charge on any atom is 0.235 e. The second-order valence-corrected chi connectivity index (χ2v) is 7.10. The van der Waals surface area contributed by atoms with Crippen LogP contribution in [0.1, 0.15) is 24.4 Å². The van der Waals surface area contributed by atoms with Crippen LogP contribution in [0.15, 0.2) is 47.1 Å². The molecular weight excluding hydrogens is 406 g/mol. The fourth-order valence-corrected chi connectivity index (χ4v) is 3.72. The Hall–Kier alpha value is -4.02. The number of nitrogen functional groups attached to an aromatic ring is 1. The Balaban J connectivity index is 1.41. The minimum absolute atomic E-state index is 0.0134. The van der Waals surface area contributed by atoms with Gasteiger partial charge < -0.3 is 20.4 Å². The van der Waals surface area contributed by atoms with Crippen molar-refractivity contribution < 1.29 is 13.2 Å². The van der Waals surface area contributed by atoms with Gasteiger partial charge in [0.2, 0.25) is 17.8 Å². The van der Waals surface area contributed by atoms with E-state index in [4.69, 9.17) is 10.2 Å². The molecule has 9 nitrogen and oxygen atoms in total. The van der Waals surface area contributed by atoms with Crippen LogP contribution in [0.25, 0.3) is 11.5 Å². The highest BCUT2D eigenvalue weighted by Crippen LogP contribution is 2.36. The fraction of sp³-hybridized carbons (Fsp3) is 0.200. The largest absolute Gasteiger partial charge is 0.463 e. The minimum Gasteiger partial charge on any atom is -0.463 e. The Morgan fingerprint density at radius 1 is 1.16 bits per heavy atom. The second-order valence-electron chi connectivity index (χ2n) is 7.10. The summed E-state index contributed by atoms with van der Waals surface area (Å²) >= 11 is 0. The average molecular weight is 424 g/mol. The zero-order chi connectivity index (χ0) is 21.4. The molecule has 1 aliphatic heterocycles. The summed E-state index contributed by atoms with van der Waals surface area (Å²) in [6.07, 6.45) is 3.06. The van der Waals surface area contributed by atoms with E-state index in [-0.39, 0.29) is 17.9 Å². The molecule has 0 amide bonds. The molecule has 158 valence electrons. The molecule has 4 heterocycles. The topological polar surface area (TPSA) is 122 Å². The average Bonchev–Trinajstić information content (AvgIpc) is 3.49. The molecule has 1 atom stereocenters. The number of benzene rings is 1. The Labute approximate surface area is 175 Å². The Bertz CT molecular complexity index is 1210. The molecule has 0 aliphatic carbocycles. The Morgan fingerprint density at radius 2 is 2.06 bits per heavy atom. The van der Waals surface area contributed by atoms with Gasteiger partial charge in [-0.3, -0.25) is 5.10 Å². The highest BCUT2D eigenvalue weighted by molar-refractivity contribution is 5.60. The summed E-state index contributed by atoms with van der Waals surface area (Å²) in [4.78, 5) is 14.6. The highest BCUT2D eigenvalue weighted by atomic mass is 19.1. The normalized spacial score (nSPS) is 16.1. The van der Waals surface area contributed by atoms with Gasteiger partial charge in [0, 0.05) is 24.2 Å². The van der Waals surface area contributed by atoms with Crippen LogP contribution < -0.4 is 16.0 Å². The molecule has 3 aromatic heterocycles. The zero-order valence-corrected chi connectivity index (χ0v) is 16.2. The summed E-state index contributed by atoms with van der Waals surface area (Å²) < 4.78 is 33.1. The number of nitrogens with zero attached hydrogens (tertiary/aromatic N) is 5. The van der Waals surface area contributed by atoms with Crippen molar-refractivity contribution >= 4 is 23.7 Å². The van der Waals surface area contributed by atoms with E-state index in [9.17, 15) is 8.78 Å². The lowest BCUT2D eigenvalue weighted by molar-refractivity contribution is 0.552. The maximum absolute atomic E-state index is 14.4. The van der Waals surface area contributed by atoms with Crippen LogP contribution in [-0.4, -0.2) is 31.7 Å². The molecule has 1 aromatic carbocycles. The van der Waals surface area contributed by atoms with Crippen molar-refractivity contribution in [1.82, 2.24) is 25.1 Å². The summed E-state index contributed by atoms with van der Waals surface area (Å²) in [5.74, 6) is 0.407. The standard InChI is InChI=1S/C20H18F2N8O/c21-11-5-6-12(13(22)9-11)15-3-1-7-30(15)20-26-18(23)25-19(27-20)24-17-10-14(28-29-17)16-4-2-8-31-16/h2,4-6,8-10,15H,1,3,7H2,(H4,23,24,25,26,27,28,29). The molecule has 4 aromatic rings.